The molecule has 174 valence electrons. The number of ether oxygens (including phenoxy) is 1. The second-order valence-electron chi connectivity index (χ2n) is 7.74. The van der Waals surface area contributed by atoms with Crippen LogP contribution < -0.4 is 10.3 Å². The Hall–Kier alpha value is -2.98. The largest absolute Gasteiger partial charge is 0.465 e. The smallest absolute Gasteiger partial charge is 0.417 e. The minimum atomic E-state index is -4.75. The van der Waals surface area contributed by atoms with Gasteiger partial charge < -0.3 is 14.6 Å². The third-order valence-corrected chi connectivity index (χ3v) is 5.56. The molecule has 0 spiro atoms. The van der Waals surface area contributed by atoms with Crippen molar-refractivity contribution in [3.05, 3.63) is 44.9 Å². The van der Waals surface area contributed by atoms with Gasteiger partial charge in [-0.15, -0.1) is 0 Å². The first-order valence-electron chi connectivity index (χ1n) is 9.88. The first kappa shape index (κ1) is 23.7. The molecule has 2 aromatic heterocycles. The molecule has 32 heavy (non-hydrogen) atoms. The van der Waals surface area contributed by atoms with Crippen molar-refractivity contribution in [2.75, 3.05) is 25.1 Å². The van der Waals surface area contributed by atoms with Gasteiger partial charge in [-0.2, -0.15) is 13.2 Å². The van der Waals surface area contributed by atoms with Crippen LogP contribution >= 0.6 is 0 Å². The molecule has 2 aromatic rings. The second-order valence-corrected chi connectivity index (χ2v) is 7.74. The van der Waals surface area contributed by atoms with Crippen molar-refractivity contribution in [2.45, 2.75) is 45.2 Å². The predicted molar refractivity (Wildman–Crippen MR) is 107 cm³/mol. The molecule has 0 saturated carbocycles. The van der Waals surface area contributed by atoms with E-state index in [1.165, 1.54) is 18.7 Å². The molecule has 11 heteroatoms. The Morgan fingerprint density at radius 2 is 1.91 bits per heavy atom. The van der Waals surface area contributed by atoms with Crippen molar-refractivity contribution < 1.29 is 31.5 Å². The zero-order chi connectivity index (χ0) is 23.8. The average molecular weight is 459 g/mol. The topological polar surface area (TPSA) is 75.3 Å². The molecule has 1 N–H and O–H groups in total. The number of halogens is 5. The van der Waals surface area contributed by atoms with Crippen LogP contribution in [0.25, 0.3) is 11.3 Å². The van der Waals surface area contributed by atoms with Gasteiger partial charge in [-0.05, 0) is 26.3 Å². The Balaban J connectivity index is 2.29. The van der Waals surface area contributed by atoms with Crippen molar-refractivity contribution in [2.24, 2.45) is 0 Å². The number of aromatic nitrogens is 2. The highest BCUT2D eigenvalue weighted by molar-refractivity contribution is 5.98. The molecule has 3 rings (SSSR count). The maximum absolute atomic E-state index is 13.9. The molecule has 0 bridgehead atoms. The lowest BCUT2D eigenvalue weighted by molar-refractivity contribution is -0.137. The summed E-state index contributed by atoms with van der Waals surface area (Å²) < 4.78 is 72.8. The Morgan fingerprint density at radius 1 is 1.22 bits per heavy atom. The highest BCUT2D eigenvalue weighted by Gasteiger charge is 2.36. The van der Waals surface area contributed by atoms with Gasteiger partial charge in [-0.25, -0.2) is 18.6 Å². The Bertz CT molecular complexity index is 1100. The van der Waals surface area contributed by atoms with Crippen molar-refractivity contribution >= 4 is 11.8 Å². The summed E-state index contributed by atoms with van der Waals surface area (Å²) in [6.45, 7) is 2.98. The minimum absolute atomic E-state index is 0.0280. The Morgan fingerprint density at radius 3 is 2.53 bits per heavy atom. The molecule has 6 nitrogen and oxygen atoms in total. The number of aryl methyl sites for hydroxylation is 1. The van der Waals surface area contributed by atoms with Gasteiger partial charge in [0.15, 0.2) is 5.43 Å². The van der Waals surface area contributed by atoms with Crippen LogP contribution in [0.5, 0.6) is 0 Å². The average Bonchev–Trinajstić information content (AvgIpc) is 2.90. The number of hydrogen-bond acceptors (Lipinski definition) is 5. The molecule has 0 unspecified atom stereocenters. The summed E-state index contributed by atoms with van der Waals surface area (Å²) in [5.74, 6) is -3.96. The number of hydrogen-bond donors (Lipinski definition) is 1. The third-order valence-electron chi connectivity index (χ3n) is 5.56. The molecule has 3 heterocycles. The van der Waals surface area contributed by atoms with Gasteiger partial charge in [-0.1, -0.05) is 0 Å². The van der Waals surface area contributed by atoms with Gasteiger partial charge in [0.05, 0.1) is 18.4 Å². The van der Waals surface area contributed by atoms with Crippen LogP contribution in [0.4, 0.5) is 27.8 Å². The lowest BCUT2D eigenvalue weighted by atomic mass is 10.0. The number of nitrogens with zero attached hydrogens (tertiary/aromatic N) is 2. The fraction of sp³-hybridized carbons (Fsp3) is 0.476. The number of anilines is 1. The number of rotatable bonds is 3. The van der Waals surface area contributed by atoms with Crippen molar-refractivity contribution in [3.63, 3.8) is 0 Å². The van der Waals surface area contributed by atoms with Crippen LogP contribution in [-0.2, 0) is 10.9 Å². The number of aromatic amines is 1. The van der Waals surface area contributed by atoms with E-state index in [1.807, 2.05) is 0 Å². The van der Waals surface area contributed by atoms with Crippen molar-refractivity contribution in [3.8, 4) is 11.3 Å². The highest BCUT2D eigenvalue weighted by atomic mass is 19.4. The molecule has 0 aromatic carbocycles. The second kappa shape index (κ2) is 8.51. The summed E-state index contributed by atoms with van der Waals surface area (Å²) in [4.78, 5) is 33.4. The predicted octanol–water partition coefficient (Wildman–Crippen LogP) is 4.48. The zero-order valence-corrected chi connectivity index (χ0v) is 17.7. The number of esters is 1. The van der Waals surface area contributed by atoms with Gasteiger partial charge in [0.2, 0.25) is 5.92 Å². The minimum Gasteiger partial charge on any atom is -0.465 e. The summed E-state index contributed by atoms with van der Waals surface area (Å²) in [5, 5.41) is 0. The van der Waals surface area contributed by atoms with Crippen molar-refractivity contribution in [1.82, 2.24) is 9.97 Å². The molecular weight excluding hydrogens is 437 g/mol. The van der Waals surface area contributed by atoms with Gasteiger partial charge >= 0.3 is 12.1 Å². The lowest BCUT2D eigenvalue weighted by Crippen LogP contribution is -2.28. The summed E-state index contributed by atoms with van der Waals surface area (Å²) in [7, 11) is 1.04. The highest BCUT2D eigenvalue weighted by Crippen LogP contribution is 2.38. The zero-order valence-electron chi connectivity index (χ0n) is 17.7. The number of carbonyl (C=O) groups excluding carboxylic acids is 1. The van der Waals surface area contributed by atoms with Gasteiger partial charge in [0.1, 0.15) is 11.4 Å². The number of carbonyl (C=O) groups is 1. The first-order chi connectivity index (χ1) is 14.9. The number of pyridine rings is 2. The maximum atomic E-state index is 13.9. The quantitative estimate of drug-likeness (QED) is 0.541. The number of methoxy groups -OCH3 is 1. The van der Waals surface area contributed by atoms with Crippen LogP contribution in [0.3, 0.4) is 0 Å². The van der Waals surface area contributed by atoms with E-state index >= 15 is 0 Å². The van der Waals surface area contributed by atoms with E-state index in [0.717, 1.165) is 13.2 Å². The van der Waals surface area contributed by atoms with Crippen LogP contribution in [0.1, 0.15) is 46.4 Å². The van der Waals surface area contributed by atoms with Gasteiger partial charge in [-0.3, -0.25) is 4.79 Å². The normalized spacial score (nSPS) is 16.6. The fourth-order valence-corrected chi connectivity index (χ4v) is 3.64. The van der Waals surface area contributed by atoms with Crippen LogP contribution in [0, 0.1) is 13.8 Å². The summed E-state index contributed by atoms with van der Waals surface area (Å²) in [6.07, 6.45) is -4.89. The fourth-order valence-electron chi connectivity index (χ4n) is 3.64. The van der Waals surface area contributed by atoms with Crippen LogP contribution in [0.2, 0.25) is 0 Å². The molecule has 0 amide bonds. The lowest BCUT2D eigenvalue weighted by Gasteiger charge is -2.25. The number of nitrogens with one attached hydrogen (secondary N) is 1. The SMILES string of the molecule is COC(=O)c1c(-c2cc(C(F)(F)F)cnc2N2CCCC(F)(F)CC2)[nH]c(C)c(C)c1=O. The van der Waals surface area contributed by atoms with E-state index in [-0.39, 0.29) is 48.6 Å². The third kappa shape index (κ3) is 4.61. The molecular formula is C21H22F5N3O3. The van der Waals surface area contributed by atoms with E-state index < -0.39 is 41.0 Å². The van der Waals surface area contributed by atoms with E-state index in [9.17, 15) is 31.5 Å². The standard InChI is InChI=1S/C21H22F5N3O3/c1-11-12(2)28-16(15(17(11)30)19(31)32-3)14-9-13(21(24,25)26)10-27-18(14)29-7-4-5-20(22,23)6-8-29/h9-10H,4-8H2,1-3H3,(H,28,30). The summed E-state index contributed by atoms with van der Waals surface area (Å²) in [6, 6.07) is 0.762. The molecule has 1 aliphatic rings. The monoisotopic (exact) mass is 459 g/mol. The van der Waals surface area contributed by atoms with Crippen LogP contribution in [-0.4, -0.2) is 42.1 Å². The molecule has 0 atom stereocenters. The van der Waals surface area contributed by atoms with E-state index in [4.69, 9.17) is 0 Å². The Labute approximate surface area is 180 Å². The molecule has 1 aliphatic heterocycles. The van der Waals surface area contributed by atoms with E-state index in [0.29, 0.717) is 11.9 Å². The summed E-state index contributed by atoms with van der Waals surface area (Å²) >= 11 is 0. The van der Waals surface area contributed by atoms with E-state index in [1.54, 1.807) is 0 Å². The maximum Gasteiger partial charge on any atom is 0.417 e. The summed E-state index contributed by atoms with van der Waals surface area (Å²) in [5.41, 5.74) is -2.13. The molecule has 1 saturated heterocycles. The first-order valence-corrected chi connectivity index (χ1v) is 9.88. The Kier molecular flexibility index (Phi) is 6.30. The number of alkyl halides is 5. The van der Waals surface area contributed by atoms with Crippen LogP contribution in [0.15, 0.2) is 17.1 Å². The molecule has 0 radical (unpaired) electrons. The molecule has 0 aliphatic carbocycles. The number of H-pyrrole nitrogens is 1. The van der Waals surface area contributed by atoms with Gasteiger partial charge in [0, 0.05) is 48.9 Å². The molecule has 1 fully saturated rings. The van der Waals surface area contributed by atoms with Gasteiger partial charge in [0.25, 0.3) is 0 Å². The van der Waals surface area contributed by atoms with E-state index in [2.05, 4.69) is 14.7 Å². The van der Waals surface area contributed by atoms with Crippen molar-refractivity contribution in [1.29, 1.82) is 0 Å².